The molecule has 2 aliphatic rings. The number of nitrogens with zero attached hydrogens (tertiary/aromatic N) is 3. The maximum Gasteiger partial charge on any atom is 0.225 e. The first-order chi connectivity index (χ1) is 12.7. The molecule has 1 atom stereocenters. The quantitative estimate of drug-likeness (QED) is 0.717. The number of nitrogens with one attached hydrogen (secondary N) is 1. The number of aromatic nitrogens is 2. The van der Waals surface area contributed by atoms with E-state index < -0.39 is 0 Å². The fourth-order valence-electron chi connectivity index (χ4n) is 3.73. The van der Waals surface area contributed by atoms with Crippen LogP contribution in [0.4, 0.5) is 5.95 Å². The zero-order chi connectivity index (χ0) is 18.4. The first kappa shape index (κ1) is 19.0. The number of hydrogen-bond donors (Lipinski definition) is 2. The van der Waals surface area contributed by atoms with Crippen molar-refractivity contribution < 1.29 is 14.6 Å². The third-order valence-electron chi connectivity index (χ3n) is 5.34. The molecule has 0 unspecified atom stereocenters. The molecular weight excluding hydrogens is 332 g/mol. The van der Waals surface area contributed by atoms with Crippen LogP contribution in [0, 0.1) is 5.92 Å². The lowest BCUT2D eigenvalue weighted by Gasteiger charge is -2.32. The van der Waals surface area contributed by atoms with Crippen molar-refractivity contribution in [1.29, 1.82) is 0 Å². The molecule has 0 radical (unpaired) electrons. The summed E-state index contributed by atoms with van der Waals surface area (Å²) in [6.07, 6.45) is 7.12. The first-order valence-corrected chi connectivity index (χ1v) is 9.80. The minimum absolute atomic E-state index is 0.00190. The molecule has 1 amide bonds. The molecule has 1 aromatic heterocycles. The van der Waals surface area contributed by atoms with Crippen molar-refractivity contribution in [2.75, 3.05) is 37.8 Å². The second-order valence-corrected chi connectivity index (χ2v) is 7.14. The molecule has 0 aromatic carbocycles. The van der Waals surface area contributed by atoms with Crippen LogP contribution in [-0.2, 0) is 16.0 Å². The fraction of sp³-hybridized carbons (Fsp3) is 0.737. The molecule has 26 heavy (non-hydrogen) atoms. The Kier molecular flexibility index (Phi) is 6.80. The highest BCUT2D eigenvalue weighted by molar-refractivity contribution is 5.76. The molecule has 1 aliphatic carbocycles. The van der Waals surface area contributed by atoms with Gasteiger partial charge in [-0.1, -0.05) is 0 Å². The SMILES string of the molecule is CCOCCC(=O)N[C@@H]1CCCc2nc(N3CCC(CO)CC3)ncc21. The lowest BCUT2D eigenvalue weighted by molar-refractivity contribution is -0.123. The van der Waals surface area contributed by atoms with E-state index in [1.165, 1.54) is 0 Å². The molecule has 1 saturated heterocycles. The number of rotatable bonds is 7. The summed E-state index contributed by atoms with van der Waals surface area (Å²) in [5.74, 6) is 1.20. The van der Waals surface area contributed by atoms with Gasteiger partial charge >= 0.3 is 0 Å². The molecule has 1 aromatic rings. The highest BCUT2D eigenvalue weighted by Crippen LogP contribution is 2.30. The molecule has 1 fully saturated rings. The van der Waals surface area contributed by atoms with Gasteiger partial charge in [-0.05, 0) is 44.9 Å². The van der Waals surface area contributed by atoms with E-state index in [2.05, 4.69) is 15.2 Å². The number of aryl methyl sites for hydroxylation is 1. The summed E-state index contributed by atoms with van der Waals surface area (Å²) in [6, 6.07) is 0.00190. The van der Waals surface area contributed by atoms with Crippen LogP contribution in [0.2, 0.25) is 0 Å². The Morgan fingerprint density at radius 3 is 2.92 bits per heavy atom. The van der Waals surface area contributed by atoms with Crippen molar-refractivity contribution in [3.05, 3.63) is 17.5 Å². The number of anilines is 1. The van der Waals surface area contributed by atoms with E-state index in [1.54, 1.807) is 0 Å². The summed E-state index contributed by atoms with van der Waals surface area (Å²) in [7, 11) is 0. The Hall–Kier alpha value is -1.73. The maximum atomic E-state index is 12.1. The predicted octanol–water partition coefficient (Wildman–Crippen LogP) is 1.61. The van der Waals surface area contributed by atoms with Crippen LogP contribution in [-0.4, -0.2) is 53.9 Å². The topological polar surface area (TPSA) is 87.6 Å². The van der Waals surface area contributed by atoms with Crippen LogP contribution in [0.3, 0.4) is 0 Å². The molecule has 0 bridgehead atoms. The highest BCUT2D eigenvalue weighted by atomic mass is 16.5. The Balaban J connectivity index is 1.63. The average Bonchev–Trinajstić information content (AvgIpc) is 2.68. The second-order valence-electron chi connectivity index (χ2n) is 7.14. The Morgan fingerprint density at radius 2 is 2.19 bits per heavy atom. The molecule has 0 saturated carbocycles. The molecule has 3 rings (SSSR count). The first-order valence-electron chi connectivity index (χ1n) is 9.80. The van der Waals surface area contributed by atoms with Crippen molar-refractivity contribution in [1.82, 2.24) is 15.3 Å². The molecule has 1 aliphatic heterocycles. The van der Waals surface area contributed by atoms with Crippen molar-refractivity contribution in [3.8, 4) is 0 Å². The van der Waals surface area contributed by atoms with Crippen molar-refractivity contribution in [2.45, 2.75) is 51.5 Å². The molecule has 2 heterocycles. The summed E-state index contributed by atoms with van der Waals surface area (Å²) in [6.45, 7) is 5.07. The standard InChI is InChI=1S/C19H30N4O3/c1-2-26-11-8-18(25)21-16-4-3-5-17-15(16)12-20-19(22-17)23-9-6-14(13-24)7-10-23/h12,14,16,24H,2-11,13H2,1H3,(H,21,25)/t16-/m1/s1. The number of piperidine rings is 1. The number of ether oxygens (including phenoxy) is 1. The van der Waals surface area contributed by atoms with Gasteiger partial charge in [-0.3, -0.25) is 4.79 Å². The molecule has 2 N–H and O–H groups in total. The van der Waals surface area contributed by atoms with Crippen LogP contribution in [0.15, 0.2) is 6.20 Å². The van der Waals surface area contributed by atoms with Gasteiger partial charge in [0.15, 0.2) is 0 Å². The van der Waals surface area contributed by atoms with Gasteiger partial charge < -0.3 is 20.1 Å². The zero-order valence-corrected chi connectivity index (χ0v) is 15.6. The van der Waals surface area contributed by atoms with E-state index in [0.717, 1.165) is 62.4 Å². The highest BCUT2D eigenvalue weighted by Gasteiger charge is 2.26. The van der Waals surface area contributed by atoms with Gasteiger partial charge in [0.1, 0.15) is 0 Å². The van der Waals surface area contributed by atoms with Crippen molar-refractivity contribution >= 4 is 11.9 Å². The van der Waals surface area contributed by atoms with Crippen molar-refractivity contribution in [2.24, 2.45) is 5.92 Å². The van der Waals surface area contributed by atoms with E-state index in [-0.39, 0.29) is 18.6 Å². The monoisotopic (exact) mass is 362 g/mol. The predicted molar refractivity (Wildman–Crippen MR) is 99.0 cm³/mol. The Labute approximate surface area is 155 Å². The summed E-state index contributed by atoms with van der Waals surface area (Å²) in [5.41, 5.74) is 2.11. The lowest BCUT2D eigenvalue weighted by Crippen LogP contribution is -2.37. The van der Waals surface area contributed by atoms with Gasteiger partial charge in [0.2, 0.25) is 11.9 Å². The zero-order valence-electron chi connectivity index (χ0n) is 15.6. The van der Waals surface area contributed by atoms with Gasteiger partial charge in [0.25, 0.3) is 0 Å². The van der Waals surface area contributed by atoms with Gasteiger partial charge in [0.05, 0.1) is 18.3 Å². The largest absolute Gasteiger partial charge is 0.396 e. The molecule has 7 heteroatoms. The molecule has 144 valence electrons. The normalized spacial score (nSPS) is 20.7. The van der Waals surface area contributed by atoms with Crippen LogP contribution < -0.4 is 10.2 Å². The number of fused-ring (bicyclic) bond motifs is 1. The third-order valence-corrected chi connectivity index (χ3v) is 5.34. The average molecular weight is 362 g/mol. The Morgan fingerprint density at radius 1 is 1.38 bits per heavy atom. The van der Waals surface area contributed by atoms with E-state index in [1.807, 2.05) is 13.1 Å². The van der Waals surface area contributed by atoms with Gasteiger partial charge in [-0.15, -0.1) is 0 Å². The van der Waals surface area contributed by atoms with Crippen LogP contribution in [0.1, 0.15) is 56.3 Å². The van der Waals surface area contributed by atoms with E-state index >= 15 is 0 Å². The van der Waals surface area contributed by atoms with Gasteiger partial charge in [0, 0.05) is 44.5 Å². The maximum absolute atomic E-state index is 12.1. The fourth-order valence-corrected chi connectivity index (χ4v) is 3.73. The summed E-state index contributed by atoms with van der Waals surface area (Å²) in [5, 5.41) is 12.4. The van der Waals surface area contributed by atoms with E-state index in [4.69, 9.17) is 9.72 Å². The molecule has 7 nitrogen and oxygen atoms in total. The van der Waals surface area contributed by atoms with Crippen LogP contribution in [0.25, 0.3) is 0 Å². The minimum Gasteiger partial charge on any atom is -0.396 e. The van der Waals surface area contributed by atoms with Crippen LogP contribution >= 0.6 is 0 Å². The number of hydrogen-bond acceptors (Lipinski definition) is 6. The minimum atomic E-state index is 0.00190. The summed E-state index contributed by atoms with van der Waals surface area (Å²) in [4.78, 5) is 23.7. The van der Waals surface area contributed by atoms with Crippen molar-refractivity contribution in [3.63, 3.8) is 0 Å². The summed E-state index contributed by atoms with van der Waals surface area (Å²) >= 11 is 0. The van der Waals surface area contributed by atoms with Crippen LogP contribution in [0.5, 0.6) is 0 Å². The number of carbonyl (C=O) groups excluding carboxylic acids is 1. The smallest absolute Gasteiger partial charge is 0.225 e. The Bertz CT molecular complexity index is 602. The van der Waals surface area contributed by atoms with E-state index in [9.17, 15) is 9.90 Å². The summed E-state index contributed by atoms with van der Waals surface area (Å²) < 4.78 is 5.25. The number of aliphatic hydroxyl groups excluding tert-OH is 1. The number of amides is 1. The lowest BCUT2D eigenvalue weighted by atomic mass is 9.92. The van der Waals surface area contributed by atoms with Gasteiger partial charge in [-0.2, -0.15) is 0 Å². The second kappa shape index (κ2) is 9.28. The van der Waals surface area contributed by atoms with Gasteiger partial charge in [-0.25, -0.2) is 9.97 Å². The van der Waals surface area contributed by atoms with E-state index in [0.29, 0.717) is 25.6 Å². The number of carbonyl (C=O) groups is 1. The molecular formula is C19H30N4O3. The molecule has 0 spiro atoms. The number of aliphatic hydroxyl groups is 1. The third kappa shape index (κ3) is 4.71.